The van der Waals surface area contributed by atoms with Crippen molar-refractivity contribution in [2.45, 2.75) is 58.3 Å². The van der Waals surface area contributed by atoms with Gasteiger partial charge < -0.3 is 52.1 Å². The van der Waals surface area contributed by atoms with Gasteiger partial charge in [-0.1, -0.05) is 95.8 Å². The van der Waals surface area contributed by atoms with Crippen molar-refractivity contribution in [3.63, 3.8) is 0 Å². The van der Waals surface area contributed by atoms with E-state index in [0.29, 0.717) is 151 Å². The van der Waals surface area contributed by atoms with Gasteiger partial charge in [-0.2, -0.15) is 8.42 Å². The Bertz CT molecular complexity index is 1330. The zero-order valence-electron chi connectivity index (χ0n) is 36.9. The minimum absolute atomic E-state index is 0.245. The van der Waals surface area contributed by atoms with Crippen molar-refractivity contribution < 1.29 is 65.1 Å². The quantitative estimate of drug-likeness (QED) is 0.0454. The molecule has 16 heteroatoms. The highest BCUT2D eigenvalue weighted by Gasteiger charge is 2.15. The number of aryl methyl sites for hydroxylation is 1. The van der Waals surface area contributed by atoms with Crippen LogP contribution in [0.2, 0.25) is 0 Å². The predicted octanol–water partition coefficient (Wildman–Crippen LogP) is 6.22. The summed E-state index contributed by atoms with van der Waals surface area (Å²) in [6.07, 6.45) is 11.6. The van der Waals surface area contributed by atoms with Crippen LogP contribution in [-0.2, 0) is 63.9 Å². The molecule has 61 heavy (non-hydrogen) atoms. The zero-order valence-corrected chi connectivity index (χ0v) is 38.6. The smallest absolute Gasteiger partial charge is 0.265 e. The number of benzene rings is 2. The van der Waals surface area contributed by atoms with Gasteiger partial charge in [0.05, 0.1) is 138 Å². The van der Waals surface area contributed by atoms with E-state index in [4.69, 9.17) is 56.7 Å². The van der Waals surface area contributed by atoms with E-state index < -0.39 is 18.0 Å². The van der Waals surface area contributed by atoms with Gasteiger partial charge in [-0.15, -0.1) is 0 Å². The van der Waals surface area contributed by atoms with E-state index in [0.717, 1.165) is 17.5 Å². The molecular weight excluding hydrogens is 828 g/mol. The standard InChI is InChI=1S/C45H77O14PS/c1-2-3-4-5-6-7-9-12-43-15-17-44(18-16-43)59-38-37-57-34-33-55-30-29-53-26-25-51-22-21-49-19-20-50-23-24-52-27-28-54-31-32-56-35-36-58-39-40-60(41-42-61(46,47)48)45-13-10-8-11-14-45/h8,10-11,13-18H,2-7,9,12,19-42H2,1H3,(H,46,47,48). The van der Waals surface area contributed by atoms with Crippen molar-refractivity contribution in [2.24, 2.45) is 0 Å². The van der Waals surface area contributed by atoms with Gasteiger partial charge in [0.2, 0.25) is 0 Å². The summed E-state index contributed by atoms with van der Waals surface area (Å²) < 4.78 is 92.8. The Morgan fingerprint density at radius 3 is 1.23 bits per heavy atom. The maximum atomic E-state index is 11.2. The van der Waals surface area contributed by atoms with E-state index >= 15 is 0 Å². The molecule has 0 amide bonds. The fourth-order valence-corrected chi connectivity index (χ4v) is 9.24. The maximum Gasteiger partial charge on any atom is 0.265 e. The van der Waals surface area contributed by atoms with Crippen molar-refractivity contribution in [1.82, 2.24) is 0 Å². The van der Waals surface area contributed by atoms with Crippen LogP contribution in [0.15, 0.2) is 54.6 Å². The van der Waals surface area contributed by atoms with E-state index in [1.165, 1.54) is 50.5 Å². The normalized spacial score (nSPS) is 12.3. The summed E-state index contributed by atoms with van der Waals surface area (Å²) in [6, 6.07) is 18.2. The fourth-order valence-electron chi connectivity index (χ4n) is 5.75. The van der Waals surface area contributed by atoms with Gasteiger partial charge in [0, 0.05) is 0 Å². The lowest BCUT2D eigenvalue weighted by Crippen LogP contribution is -2.17. The van der Waals surface area contributed by atoms with E-state index in [1.807, 2.05) is 42.5 Å². The molecule has 0 fully saturated rings. The molecule has 2 rings (SSSR count). The summed E-state index contributed by atoms with van der Waals surface area (Å²) in [7, 11) is -4.73. The van der Waals surface area contributed by atoms with Gasteiger partial charge in [0.1, 0.15) is 12.4 Å². The van der Waals surface area contributed by atoms with Crippen LogP contribution < -0.4 is 10.0 Å². The van der Waals surface area contributed by atoms with E-state index in [2.05, 4.69) is 19.1 Å². The van der Waals surface area contributed by atoms with E-state index in [9.17, 15) is 8.42 Å². The summed E-state index contributed by atoms with van der Waals surface area (Å²) in [5.41, 5.74) is 1.37. The average molecular weight is 905 g/mol. The third kappa shape index (κ3) is 36.2. The van der Waals surface area contributed by atoms with Crippen LogP contribution in [0.4, 0.5) is 0 Å². The second-order valence-electron chi connectivity index (χ2n) is 14.1. The van der Waals surface area contributed by atoms with Crippen LogP contribution in [0, 0.1) is 0 Å². The van der Waals surface area contributed by atoms with Crippen LogP contribution in [0.25, 0.3) is 0 Å². The number of unbranched alkanes of at least 4 members (excludes halogenated alkanes) is 6. The lowest BCUT2D eigenvalue weighted by Gasteiger charge is -2.17. The summed E-state index contributed by atoms with van der Waals surface area (Å²) in [5.74, 6) is 0.635. The molecule has 0 aliphatic heterocycles. The third-order valence-electron chi connectivity index (χ3n) is 9.08. The van der Waals surface area contributed by atoms with Gasteiger partial charge in [-0.25, -0.2) is 0 Å². The maximum absolute atomic E-state index is 11.2. The van der Waals surface area contributed by atoms with Crippen LogP contribution >= 0.6 is 7.92 Å². The van der Waals surface area contributed by atoms with Crippen LogP contribution in [0.3, 0.4) is 0 Å². The molecule has 1 unspecified atom stereocenters. The van der Waals surface area contributed by atoms with Gasteiger partial charge in [0.25, 0.3) is 10.1 Å². The molecule has 0 aliphatic carbocycles. The molecule has 14 nitrogen and oxygen atoms in total. The second-order valence-corrected chi connectivity index (χ2v) is 18.2. The molecule has 0 saturated heterocycles. The predicted molar refractivity (Wildman–Crippen MR) is 241 cm³/mol. The topological polar surface area (TPSA) is 156 Å². The third-order valence-corrected chi connectivity index (χ3v) is 12.6. The first-order chi connectivity index (χ1) is 30.0. The van der Waals surface area contributed by atoms with Crippen molar-refractivity contribution in [3.05, 3.63) is 60.2 Å². The second kappa shape index (κ2) is 40.9. The minimum Gasteiger partial charge on any atom is -0.491 e. The molecule has 0 radical (unpaired) electrons. The van der Waals surface area contributed by atoms with Crippen molar-refractivity contribution in [3.8, 4) is 5.75 Å². The van der Waals surface area contributed by atoms with Crippen LogP contribution in [0.5, 0.6) is 5.75 Å². The lowest BCUT2D eigenvalue weighted by atomic mass is 10.0. The fraction of sp³-hybridized carbons (Fsp3) is 0.733. The van der Waals surface area contributed by atoms with Crippen molar-refractivity contribution in [1.29, 1.82) is 0 Å². The Balaban J connectivity index is 1.21. The molecule has 2 aromatic rings. The highest BCUT2D eigenvalue weighted by atomic mass is 32.2. The van der Waals surface area contributed by atoms with Crippen LogP contribution in [0.1, 0.15) is 57.4 Å². The summed E-state index contributed by atoms with van der Waals surface area (Å²) >= 11 is 0. The Morgan fingerprint density at radius 2 is 0.820 bits per heavy atom. The molecule has 0 aromatic heterocycles. The highest BCUT2D eigenvalue weighted by molar-refractivity contribution is 7.86. The monoisotopic (exact) mass is 904 g/mol. The molecular formula is C45H77O14PS. The molecule has 0 bridgehead atoms. The Labute approximate surface area is 368 Å². The van der Waals surface area contributed by atoms with Gasteiger partial charge in [0.15, 0.2) is 0 Å². The molecule has 0 aliphatic rings. The van der Waals surface area contributed by atoms with E-state index in [-0.39, 0.29) is 5.75 Å². The Kier molecular flexibility index (Phi) is 37.1. The zero-order chi connectivity index (χ0) is 43.6. The SMILES string of the molecule is CCCCCCCCCc1ccc(OCCOCCOCCOCCOCCOCCOCCOCCOCCOCCOCCP(CCS(=O)(=O)O)c2ccccc2)cc1. The molecule has 0 heterocycles. The highest BCUT2D eigenvalue weighted by Crippen LogP contribution is 2.33. The van der Waals surface area contributed by atoms with E-state index in [1.54, 1.807) is 0 Å². The van der Waals surface area contributed by atoms with Gasteiger partial charge in [-0.3, -0.25) is 4.55 Å². The first-order valence-electron chi connectivity index (χ1n) is 22.2. The Hall–Kier alpha value is -1.82. The number of ether oxygens (including phenoxy) is 11. The van der Waals surface area contributed by atoms with Crippen molar-refractivity contribution in [2.75, 3.05) is 157 Å². The summed E-state index contributed by atoms with van der Waals surface area (Å²) in [4.78, 5) is 0. The van der Waals surface area contributed by atoms with Crippen LogP contribution in [-0.4, -0.2) is 170 Å². The molecule has 1 atom stereocenters. The molecule has 1 N–H and O–H groups in total. The molecule has 352 valence electrons. The van der Waals surface area contributed by atoms with Crippen molar-refractivity contribution >= 4 is 23.3 Å². The summed E-state index contributed by atoms with van der Waals surface area (Å²) in [5, 5.41) is 1.09. The minimum atomic E-state index is -3.99. The number of hydrogen-bond donors (Lipinski definition) is 1. The number of rotatable bonds is 46. The molecule has 2 aromatic carbocycles. The first kappa shape index (κ1) is 55.3. The Morgan fingerprint density at radius 1 is 0.443 bits per heavy atom. The van der Waals surface area contributed by atoms with Gasteiger partial charge in [-0.05, 0) is 48.2 Å². The largest absolute Gasteiger partial charge is 0.491 e. The van der Waals surface area contributed by atoms with Gasteiger partial charge >= 0.3 is 0 Å². The lowest BCUT2D eigenvalue weighted by molar-refractivity contribution is -0.0265. The molecule has 0 saturated carbocycles. The number of hydrogen-bond acceptors (Lipinski definition) is 13. The first-order valence-corrected chi connectivity index (χ1v) is 25.5. The molecule has 0 spiro atoms. The average Bonchev–Trinajstić information content (AvgIpc) is 3.26. The summed E-state index contributed by atoms with van der Waals surface area (Å²) in [6.45, 7) is 12.5.